The second-order valence-corrected chi connectivity index (χ2v) is 6.92. The molecule has 2 aromatic heterocycles. The number of β-amino-alcohol motifs (C(OH)–C–C–N with tert-alkyl or cyclic N) is 1. The van der Waals surface area contributed by atoms with Gasteiger partial charge in [-0.2, -0.15) is 0 Å². The van der Waals surface area contributed by atoms with E-state index >= 15 is 0 Å². The van der Waals surface area contributed by atoms with Crippen molar-refractivity contribution in [2.45, 2.75) is 6.10 Å². The zero-order valence-electron chi connectivity index (χ0n) is 13.1. The number of hydrogen-bond donors (Lipinski definition) is 2. The lowest BCUT2D eigenvalue weighted by Gasteiger charge is -2.21. The van der Waals surface area contributed by atoms with Gasteiger partial charge in [0.2, 0.25) is 0 Å². The van der Waals surface area contributed by atoms with Gasteiger partial charge in [-0.05, 0) is 18.2 Å². The van der Waals surface area contributed by atoms with E-state index in [-0.39, 0.29) is 5.91 Å². The van der Waals surface area contributed by atoms with Crippen molar-refractivity contribution in [1.82, 2.24) is 14.9 Å². The smallest absolute Gasteiger partial charge is 0.255 e. The molecule has 1 saturated heterocycles. The van der Waals surface area contributed by atoms with E-state index in [1.54, 1.807) is 34.7 Å². The number of hydrogen-bond acceptors (Lipinski definition) is 5. The highest BCUT2D eigenvalue weighted by Gasteiger charge is 2.26. The number of amides is 1. The van der Waals surface area contributed by atoms with Gasteiger partial charge < -0.3 is 19.9 Å². The Labute approximate surface area is 143 Å². The fourth-order valence-electron chi connectivity index (χ4n) is 2.98. The molecule has 0 saturated carbocycles. The Hall–Kier alpha value is -2.38. The van der Waals surface area contributed by atoms with E-state index in [4.69, 9.17) is 0 Å². The Bertz CT molecular complexity index is 812. The van der Waals surface area contributed by atoms with Gasteiger partial charge in [-0.25, -0.2) is 4.98 Å². The molecule has 1 aliphatic heterocycles. The molecule has 24 heavy (non-hydrogen) atoms. The molecule has 0 radical (unpaired) electrons. The first-order chi connectivity index (χ1) is 11.7. The Kier molecular flexibility index (Phi) is 3.95. The Morgan fingerprint density at radius 1 is 1.25 bits per heavy atom. The van der Waals surface area contributed by atoms with Crippen molar-refractivity contribution in [3.05, 3.63) is 48.3 Å². The number of carbonyl (C=O) groups excluding carboxylic acids is 1. The van der Waals surface area contributed by atoms with E-state index in [1.807, 2.05) is 24.3 Å². The number of para-hydroxylation sites is 1. The zero-order chi connectivity index (χ0) is 16.5. The number of benzene rings is 1. The quantitative estimate of drug-likeness (QED) is 0.747. The Morgan fingerprint density at radius 2 is 2.12 bits per heavy atom. The molecule has 0 aliphatic carbocycles. The van der Waals surface area contributed by atoms with Crippen LogP contribution in [0.1, 0.15) is 10.4 Å². The number of aliphatic hydroxyl groups excluding tert-OH is 1. The summed E-state index contributed by atoms with van der Waals surface area (Å²) < 4.78 is 1.13. The summed E-state index contributed by atoms with van der Waals surface area (Å²) in [6, 6.07) is 9.77. The van der Waals surface area contributed by atoms with Crippen LogP contribution in [0.3, 0.4) is 0 Å². The number of fused-ring (bicyclic) bond motifs is 1. The van der Waals surface area contributed by atoms with Crippen LogP contribution in [-0.2, 0) is 0 Å². The number of nitrogens with zero attached hydrogens (tertiary/aromatic N) is 3. The molecule has 4 rings (SSSR count). The van der Waals surface area contributed by atoms with E-state index in [0.717, 1.165) is 15.3 Å². The van der Waals surface area contributed by atoms with Crippen LogP contribution in [-0.4, -0.2) is 58.2 Å². The summed E-state index contributed by atoms with van der Waals surface area (Å²) in [6.45, 7) is 2.05. The molecule has 0 unspecified atom stereocenters. The van der Waals surface area contributed by atoms with E-state index in [9.17, 15) is 9.90 Å². The fraction of sp³-hybridized carbons (Fsp3) is 0.294. The highest BCUT2D eigenvalue weighted by Crippen LogP contribution is 2.29. The van der Waals surface area contributed by atoms with Crippen molar-refractivity contribution >= 4 is 32.6 Å². The number of thiazole rings is 1. The summed E-state index contributed by atoms with van der Waals surface area (Å²) in [5.74, 6) is -0.0542. The number of carbonyl (C=O) groups is 1. The van der Waals surface area contributed by atoms with Crippen molar-refractivity contribution in [3.63, 3.8) is 0 Å². The number of aliphatic hydroxyl groups is 1. The first-order valence-electron chi connectivity index (χ1n) is 7.91. The molecule has 2 N–H and O–H groups in total. The minimum absolute atomic E-state index is 0.0542. The maximum absolute atomic E-state index is 12.5. The number of anilines is 1. The maximum Gasteiger partial charge on any atom is 0.255 e. The Balaban J connectivity index is 1.54. The van der Waals surface area contributed by atoms with Gasteiger partial charge in [-0.1, -0.05) is 23.5 Å². The van der Waals surface area contributed by atoms with Gasteiger partial charge in [0.15, 0.2) is 5.13 Å². The first-order valence-corrected chi connectivity index (χ1v) is 8.73. The van der Waals surface area contributed by atoms with E-state index in [2.05, 4.69) is 14.9 Å². The summed E-state index contributed by atoms with van der Waals surface area (Å²) in [6.07, 6.45) is 2.82. The van der Waals surface area contributed by atoms with Gasteiger partial charge in [0.1, 0.15) is 0 Å². The number of aromatic nitrogens is 2. The van der Waals surface area contributed by atoms with Gasteiger partial charge in [0, 0.05) is 38.6 Å². The summed E-state index contributed by atoms with van der Waals surface area (Å²) in [5.41, 5.74) is 1.59. The molecular weight excluding hydrogens is 324 g/mol. The highest BCUT2D eigenvalue weighted by molar-refractivity contribution is 7.22. The molecule has 3 heterocycles. The van der Waals surface area contributed by atoms with Crippen molar-refractivity contribution < 1.29 is 9.90 Å². The average Bonchev–Trinajstić information content (AvgIpc) is 3.22. The largest absolute Gasteiger partial charge is 0.389 e. The molecule has 1 fully saturated rings. The van der Waals surface area contributed by atoms with Gasteiger partial charge in [-0.15, -0.1) is 0 Å². The Morgan fingerprint density at radius 3 is 2.92 bits per heavy atom. The molecule has 0 spiro atoms. The average molecular weight is 342 g/mol. The van der Waals surface area contributed by atoms with Crippen molar-refractivity contribution in [1.29, 1.82) is 0 Å². The SMILES string of the molecule is O=C(c1cc[nH]c1)N1CCN(c2nc3ccccc3s2)C[C@@H](O)C1. The van der Waals surface area contributed by atoms with Crippen LogP contribution < -0.4 is 4.90 Å². The fourth-order valence-corrected chi connectivity index (χ4v) is 3.98. The number of rotatable bonds is 2. The molecule has 7 heteroatoms. The minimum Gasteiger partial charge on any atom is -0.389 e. The molecule has 1 amide bonds. The standard InChI is InChI=1S/C17H18N4O2S/c22-13-10-20(16(23)12-5-6-18-9-12)7-8-21(11-13)17-19-14-3-1-2-4-15(14)24-17/h1-6,9,13,18,22H,7-8,10-11H2/t13-/m0/s1. The van der Waals surface area contributed by atoms with Crippen molar-refractivity contribution in [3.8, 4) is 0 Å². The summed E-state index contributed by atoms with van der Waals surface area (Å²) in [4.78, 5) is 23.8. The van der Waals surface area contributed by atoms with Gasteiger partial charge in [0.05, 0.1) is 21.9 Å². The molecule has 6 nitrogen and oxygen atoms in total. The van der Waals surface area contributed by atoms with Crippen LogP contribution in [0.15, 0.2) is 42.7 Å². The summed E-state index contributed by atoms with van der Waals surface area (Å²) in [5, 5.41) is 11.2. The second kappa shape index (κ2) is 6.26. The maximum atomic E-state index is 12.5. The van der Waals surface area contributed by atoms with Crippen LogP contribution in [0.25, 0.3) is 10.2 Å². The van der Waals surface area contributed by atoms with Crippen LogP contribution >= 0.6 is 11.3 Å². The lowest BCUT2D eigenvalue weighted by Crippen LogP contribution is -2.37. The molecule has 1 aliphatic rings. The van der Waals surface area contributed by atoms with E-state index in [1.165, 1.54) is 0 Å². The highest BCUT2D eigenvalue weighted by atomic mass is 32.1. The van der Waals surface area contributed by atoms with Crippen LogP contribution in [0, 0.1) is 0 Å². The normalized spacial score (nSPS) is 18.8. The zero-order valence-corrected chi connectivity index (χ0v) is 13.9. The molecule has 0 bridgehead atoms. The van der Waals surface area contributed by atoms with Gasteiger partial charge >= 0.3 is 0 Å². The predicted molar refractivity (Wildman–Crippen MR) is 94.5 cm³/mol. The predicted octanol–water partition coefficient (Wildman–Crippen LogP) is 1.95. The molecule has 1 atom stereocenters. The molecule has 3 aromatic rings. The molecule has 124 valence electrons. The molecular formula is C17H18N4O2S. The van der Waals surface area contributed by atoms with Gasteiger partial charge in [0.25, 0.3) is 5.91 Å². The van der Waals surface area contributed by atoms with E-state index < -0.39 is 6.10 Å². The first kappa shape index (κ1) is 15.2. The van der Waals surface area contributed by atoms with E-state index in [0.29, 0.717) is 31.7 Å². The van der Waals surface area contributed by atoms with Crippen molar-refractivity contribution in [2.24, 2.45) is 0 Å². The third kappa shape index (κ3) is 2.88. The summed E-state index contributed by atoms with van der Waals surface area (Å²) >= 11 is 1.62. The second-order valence-electron chi connectivity index (χ2n) is 5.91. The molecule has 1 aromatic carbocycles. The monoisotopic (exact) mass is 342 g/mol. The third-order valence-corrected chi connectivity index (χ3v) is 5.28. The number of aromatic amines is 1. The lowest BCUT2D eigenvalue weighted by atomic mass is 10.2. The number of H-pyrrole nitrogens is 1. The van der Waals surface area contributed by atoms with Crippen LogP contribution in [0.2, 0.25) is 0 Å². The topological polar surface area (TPSA) is 72.5 Å². The summed E-state index contributed by atoms with van der Waals surface area (Å²) in [7, 11) is 0. The third-order valence-electron chi connectivity index (χ3n) is 4.19. The lowest BCUT2D eigenvalue weighted by molar-refractivity contribution is 0.0674. The minimum atomic E-state index is -0.595. The van der Waals surface area contributed by atoms with Crippen LogP contribution in [0.5, 0.6) is 0 Å². The van der Waals surface area contributed by atoms with Gasteiger partial charge in [-0.3, -0.25) is 4.79 Å². The van der Waals surface area contributed by atoms with Crippen molar-refractivity contribution in [2.75, 3.05) is 31.1 Å². The number of nitrogens with one attached hydrogen (secondary N) is 1. The van der Waals surface area contributed by atoms with Crippen LogP contribution in [0.4, 0.5) is 5.13 Å².